The summed E-state index contributed by atoms with van der Waals surface area (Å²) in [6, 6.07) is 9.22. The fourth-order valence-electron chi connectivity index (χ4n) is 2.62. The Labute approximate surface area is 122 Å². The second kappa shape index (κ2) is 6.71. The lowest BCUT2D eigenvalue weighted by Gasteiger charge is -2.19. The maximum Gasteiger partial charge on any atom is 0.0643 e. The number of aromatic nitrogens is 2. The van der Waals surface area contributed by atoms with Crippen LogP contribution in [-0.4, -0.2) is 16.3 Å². The van der Waals surface area contributed by atoms with E-state index in [4.69, 9.17) is 0 Å². The molecule has 20 heavy (non-hydrogen) atoms. The van der Waals surface area contributed by atoms with E-state index >= 15 is 0 Å². The van der Waals surface area contributed by atoms with Crippen LogP contribution >= 0.6 is 0 Å². The third-order valence-corrected chi connectivity index (χ3v) is 3.47. The van der Waals surface area contributed by atoms with Crippen molar-refractivity contribution in [2.24, 2.45) is 7.05 Å². The van der Waals surface area contributed by atoms with Gasteiger partial charge < -0.3 is 5.32 Å². The molecule has 1 aromatic heterocycles. The van der Waals surface area contributed by atoms with Gasteiger partial charge in [0.05, 0.1) is 5.69 Å². The highest BCUT2D eigenvalue weighted by Gasteiger charge is 2.13. The molecule has 1 N–H and O–H groups in total. The summed E-state index contributed by atoms with van der Waals surface area (Å²) >= 11 is 0. The van der Waals surface area contributed by atoms with E-state index in [0.717, 1.165) is 25.1 Å². The molecule has 2 aromatic rings. The quantitative estimate of drug-likeness (QED) is 0.873. The molecular weight excluding hydrogens is 246 g/mol. The first-order valence-electron chi connectivity index (χ1n) is 7.38. The first kappa shape index (κ1) is 14.8. The second-order valence-electron chi connectivity index (χ2n) is 5.61. The molecule has 2 rings (SSSR count). The highest BCUT2D eigenvalue weighted by molar-refractivity contribution is 5.31. The molecule has 0 amide bonds. The van der Waals surface area contributed by atoms with Gasteiger partial charge >= 0.3 is 0 Å². The van der Waals surface area contributed by atoms with Crippen LogP contribution in [-0.2, 0) is 13.5 Å². The summed E-state index contributed by atoms with van der Waals surface area (Å²) in [5, 5.41) is 8.15. The summed E-state index contributed by atoms with van der Waals surface area (Å²) in [6.45, 7) is 7.55. The van der Waals surface area contributed by atoms with Crippen LogP contribution in [0.25, 0.3) is 0 Å². The summed E-state index contributed by atoms with van der Waals surface area (Å²) in [7, 11) is 1.97. The Balaban J connectivity index is 2.21. The zero-order valence-electron chi connectivity index (χ0n) is 13.0. The van der Waals surface area contributed by atoms with E-state index in [1.807, 2.05) is 17.9 Å². The molecule has 1 atom stereocenters. The molecule has 3 nitrogen and oxygen atoms in total. The summed E-state index contributed by atoms with van der Waals surface area (Å²) < 4.78 is 1.87. The lowest BCUT2D eigenvalue weighted by molar-refractivity contribution is 0.520. The molecule has 0 radical (unpaired) electrons. The number of hydrogen-bond donors (Lipinski definition) is 1. The molecule has 0 bridgehead atoms. The smallest absolute Gasteiger partial charge is 0.0643 e. The Morgan fingerprint density at radius 1 is 1.20 bits per heavy atom. The molecular formula is C17H25N3. The molecule has 0 saturated heterocycles. The Bertz CT molecular complexity index is 537. The van der Waals surface area contributed by atoms with Gasteiger partial charge in [0.2, 0.25) is 0 Å². The van der Waals surface area contributed by atoms with E-state index in [1.54, 1.807) is 0 Å². The van der Waals surface area contributed by atoms with Crippen molar-refractivity contribution < 1.29 is 0 Å². The maximum atomic E-state index is 4.51. The zero-order chi connectivity index (χ0) is 14.5. The lowest BCUT2D eigenvalue weighted by Crippen LogP contribution is -2.24. The monoisotopic (exact) mass is 271 g/mol. The van der Waals surface area contributed by atoms with Crippen LogP contribution in [0, 0.1) is 13.8 Å². The van der Waals surface area contributed by atoms with Gasteiger partial charge in [-0.15, -0.1) is 0 Å². The van der Waals surface area contributed by atoms with Crippen molar-refractivity contribution in [3.8, 4) is 0 Å². The number of nitrogens with one attached hydrogen (secondary N) is 1. The fourth-order valence-corrected chi connectivity index (χ4v) is 2.62. The molecule has 0 fully saturated rings. The van der Waals surface area contributed by atoms with Gasteiger partial charge in [0.25, 0.3) is 0 Å². The molecule has 3 heteroatoms. The van der Waals surface area contributed by atoms with Crippen LogP contribution in [0.3, 0.4) is 0 Å². The van der Waals surface area contributed by atoms with Crippen molar-refractivity contribution in [3.05, 3.63) is 52.8 Å². The highest BCUT2D eigenvalue weighted by Crippen LogP contribution is 2.20. The fraction of sp³-hybridized carbons (Fsp3) is 0.471. The van der Waals surface area contributed by atoms with Crippen molar-refractivity contribution in [1.29, 1.82) is 0 Å². The topological polar surface area (TPSA) is 29.9 Å². The average Bonchev–Trinajstić information content (AvgIpc) is 2.79. The number of hydrogen-bond acceptors (Lipinski definition) is 2. The number of aryl methyl sites for hydroxylation is 3. The van der Waals surface area contributed by atoms with Crippen LogP contribution in [0.2, 0.25) is 0 Å². The number of rotatable bonds is 6. The summed E-state index contributed by atoms with van der Waals surface area (Å²) in [4.78, 5) is 0. The SMILES string of the molecule is CCCNC(Cc1ccn(C)n1)c1cc(C)cc(C)c1. The number of nitrogens with zero attached hydrogens (tertiary/aromatic N) is 2. The van der Waals surface area contributed by atoms with Crippen LogP contribution in [0.5, 0.6) is 0 Å². The largest absolute Gasteiger partial charge is 0.310 e. The van der Waals surface area contributed by atoms with E-state index in [2.05, 4.69) is 55.5 Å². The Morgan fingerprint density at radius 2 is 1.90 bits per heavy atom. The molecule has 0 aliphatic carbocycles. The van der Waals surface area contributed by atoms with Crippen molar-refractivity contribution in [2.75, 3.05) is 6.54 Å². The average molecular weight is 271 g/mol. The first-order chi connectivity index (χ1) is 9.58. The van der Waals surface area contributed by atoms with Gasteiger partial charge in [-0.05, 0) is 38.4 Å². The second-order valence-corrected chi connectivity index (χ2v) is 5.61. The van der Waals surface area contributed by atoms with E-state index < -0.39 is 0 Å². The van der Waals surface area contributed by atoms with E-state index in [-0.39, 0.29) is 0 Å². The first-order valence-corrected chi connectivity index (χ1v) is 7.38. The zero-order valence-corrected chi connectivity index (χ0v) is 13.0. The summed E-state index contributed by atoms with van der Waals surface area (Å²) in [5.74, 6) is 0. The van der Waals surface area contributed by atoms with Gasteiger partial charge in [0.15, 0.2) is 0 Å². The standard InChI is InChI=1S/C17H25N3/c1-5-7-18-17(12-16-6-8-20(4)19-16)15-10-13(2)9-14(3)11-15/h6,8-11,17-18H,5,7,12H2,1-4H3. The normalized spacial score (nSPS) is 12.6. The Hall–Kier alpha value is -1.61. The number of benzene rings is 1. The third-order valence-electron chi connectivity index (χ3n) is 3.47. The lowest BCUT2D eigenvalue weighted by atomic mass is 9.98. The molecule has 0 aliphatic heterocycles. The van der Waals surface area contributed by atoms with Crippen molar-refractivity contribution >= 4 is 0 Å². The minimum atomic E-state index is 0.337. The molecule has 1 heterocycles. The van der Waals surface area contributed by atoms with Crippen molar-refractivity contribution in [1.82, 2.24) is 15.1 Å². The molecule has 1 unspecified atom stereocenters. The minimum Gasteiger partial charge on any atom is -0.310 e. The predicted molar refractivity (Wildman–Crippen MR) is 83.9 cm³/mol. The van der Waals surface area contributed by atoms with Crippen LogP contribution in [0.15, 0.2) is 30.5 Å². The third kappa shape index (κ3) is 3.94. The van der Waals surface area contributed by atoms with Gasteiger partial charge in [-0.25, -0.2) is 0 Å². The van der Waals surface area contributed by atoms with Crippen molar-refractivity contribution in [3.63, 3.8) is 0 Å². The van der Waals surface area contributed by atoms with Crippen LogP contribution in [0.4, 0.5) is 0 Å². The molecule has 0 spiro atoms. The van der Waals surface area contributed by atoms with Gasteiger partial charge in [0, 0.05) is 25.7 Å². The molecule has 108 valence electrons. The van der Waals surface area contributed by atoms with E-state index in [1.165, 1.54) is 16.7 Å². The molecule has 0 saturated carbocycles. The predicted octanol–water partition coefficient (Wildman–Crippen LogP) is 3.32. The van der Waals surface area contributed by atoms with Gasteiger partial charge in [-0.2, -0.15) is 5.10 Å². The van der Waals surface area contributed by atoms with Crippen molar-refractivity contribution in [2.45, 2.75) is 39.7 Å². The molecule has 0 aliphatic rings. The van der Waals surface area contributed by atoms with Crippen LogP contribution in [0.1, 0.15) is 41.8 Å². The Kier molecular flexibility index (Phi) is 4.96. The Morgan fingerprint density at radius 3 is 2.45 bits per heavy atom. The molecule has 1 aromatic carbocycles. The minimum absolute atomic E-state index is 0.337. The van der Waals surface area contributed by atoms with Gasteiger partial charge in [0.1, 0.15) is 0 Å². The van der Waals surface area contributed by atoms with Gasteiger partial charge in [-0.3, -0.25) is 4.68 Å². The van der Waals surface area contributed by atoms with E-state index in [9.17, 15) is 0 Å². The van der Waals surface area contributed by atoms with Gasteiger partial charge in [-0.1, -0.05) is 36.2 Å². The highest BCUT2D eigenvalue weighted by atomic mass is 15.2. The summed E-state index contributed by atoms with van der Waals surface area (Å²) in [5.41, 5.74) is 5.15. The van der Waals surface area contributed by atoms with E-state index in [0.29, 0.717) is 6.04 Å². The van der Waals surface area contributed by atoms with Crippen LogP contribution < -0.4 is 5.32 Å². The summed E-state index contributed by atoms with van der Waals surface area (Å²) in [6.07, 6.45) is 4.08. The maximum absolute atomic E-state index is 4.51.